The topological polar surface area (TPSA) is 32.3 Å². The predicted octanol–water partition coefficient (Wildman–Crippen LogP) is 4.46. The SMILES string of the molecule is CC(C)NC(C)(CO)CCCCSc1cccc(Br)c1. The number of benzene rings is 1. The summed E-state index contributed by atoms with van der Waals surface area (Å²) in [5.41, 5.74) is -0.144. The zero-order valence-electron chi connectivity index (χ0n) is 12.7. The van der Waals surface area contributed by atoms with Crippen LogP contribution in [0.3, 0.4) is 0 Å². The molecule has 2 nitrogen and oxygen atoms in total. The first-order valence-corrected chi connectivity index (χ1v) is 9.00. The molecule has 0 heterocycles. The highest BCUT2D eigenvalue weighted by molar-refractivity contribution is 9.10. The van der Waals surface area contributed by atoms with Crippen LogP contribution >= 0.6 is 27.7 Å². The molecule has 0 spiro atoms. The molecule has 0 saturated carbocycles. The lowest BCUT2D eigenvalue weighted by atomic mass is 9.95. The minimum atomic E-state index is -0.144. The standard InChI is InChI=1S/C16H26BrNOS/c1-13(2)18-16(3,12-19)9-4-5-10-20-15-8-6-7-14(17)11-15/h6-8,11,13,18-19H,4-5,9-10,12H2,1-3H3. The Kier molecular flexibility index (Phi) is 8.18. The van der Waals surface area contributed by atoms with E-state index in [1.54, 1.807) is 0 Å². The molecule has 114 valence electrons. The number of unbranched alkanes of at least 4 members (excludes halogenated alkanes) is 1. The van der Waals surface area contributed by atoms with Gasteiger partial charge in [0.25, 0.3) is 0 Å². The van der Waals surface area contributed by atoms with Gasteiger partial charge in [-0.3, -0.25) is 0 Å². The van der Waals surface area contributed by atoms with Gasteiger partial charge in [0.05, 0.1) is 6.61 Å². The molecule has 0 aliphatic carbocycles. The molecule has 0 aliphatic heterocycles. The van der Waals surface area contributed by atoms with Crippen molar-refractivity contribution in [2.45, 2.75) is 56.5 Å². The molecule has 1 atom stereocenters. The third-order valence-electron chi connectivity index (χ3n) is 3.17. The molecular formula is C16H26BrNOS. The smallest absolute Gasteiger partial charge is 0.0610 e. The monoisotopic (exact) mass is 359 g/mol. The highest BCUT2D eigenvalue weighted by Crippen LogP contribution is 2.24. The van der Waals surface area contributed by atoms with Gasteiger partial charge in [-0.15, -0.1) is 11.8 Å². The first kappa shape index (κ1) is 18.0. The number of hydrogen-bond donors (Lipinski definition) is 2. The summed E-state index contributed by atoms with van der Waals surface area (Å²) in [6.07, 6.45) is 3.32. The van der Waals surface area contributed by atoms with E-state index in [0.29, 0.717) is 6.04 Å². The lowest BCUT2D eigenvalue weighted by Gasteiger charge is -2.31. The van der Waals surface area contributed by atoms with Crippen molar-refractivity contribution in [2.24, 2.45) is 0 Å². The Bertz CT molecular complexity index is 400. The van der Waals surface area contributed by atoms with E-state index >= 15 is 0 Å². The van der Waals surface area contributed by atoms with Crippen molar-refractivity contribution in [3.8, 4) is 0 Å². The molecule has 0 aliphatic rings. The molecule has 1 aromatic rings. The van der Waals surface area contributed by atoms with Crippen molar-refractivity contribution in [1.82, 2.24) is 5.32 Å². The number of aliphatic hydroxyl groups excluding tert-OH is 1. The number of hydrogen-bond acceptors (Lipinski definition) is 3. The minimum absolute atomic E-state index is 0.144. The number of thioether (sulfide) groups is 1. The van der Waals surface area contributed by atoms with E-state index in [1.807, 2.05) is 17.8 Å². The summed E-state index contributed by atoms with van der Waals surface area (Å²) in [6.45, 7) is 6.55. The Hall–Kier alpha value is -0.0300. The van der Waals surface area contributed by atoms with Gasteiger partial charge < -0.3 is 10.4 Å². The number of halogens is 1. The molecule has 1 unspecified atom stereocenters. The average molecular weight is 360 g/mol. The normalized spacial score (nSPS) is 14.5. The molecule has 0 aromatic heterocycles. The second-order valence-electron chi connectivity index (χ2n) is 5.78. The Balaban J connectivity index is 2.24. The Morgan fingerprint density at radius 2 is 2.10 bits per heavy atom. The third-order valence-corrected chi connectivity index (χ3v) is 4.75. The summed E-state index contributed by atoms with van der Waals surface area (Å²) in [5.74, 6) is 1.12. The fourth-order valence-electron chi connectivity index (χ4n) is 2.26. The van der Waals surface area contributed by atoms with Crippen molar-refractivity contribution < 1.29 is 5.11 Å². The zero-order chi connectivity index (χ0) is 15.0. The van der Waals surface area contributed by atoms with E-state index in [9.17, 15) is 5.11 Å². The maximum absolute atomic E-state index is 9.53. The van der Waals surface area contributed by atoms with Crippen LogP contribution in [-0.2, 0) is 0 Å². The maximum atomic E-state index is 9.53. The van der Waals surface area contributed by atoms with Crippen molar-refractivity contribution in [2.75, 3.05) is 12.4 Å². The Morgan fingerprint density at radius 1 is 1.35 bits per heavy atom. The van der Waals surface area contributed by atoms with E-state index in [0.717, 1.165) is 23.1 Å². The average Bonchev–Trinajstić information content (AvgIpc) is 2.37. The van der Waals surface area contributed by atoms with E-state index in [4.69, 9.17) is 0 Å². The molecule has 0 bridgehead atoms. The largest absolute Gasteiger partial charge is 0.394 e. The lowest BCUT2D eigenvalue weighted by molar-refractivity contribution is 0.154. The van der Waals surface area contributed by atoms with Gasteiger partial charge >= 0.3 is 0 Å². The molecule has 4 heteroatoms. The van der Waals surface area contributed by atoms with Crippen LogP contribution in [0, 0.1) is 0 Å². The molecule has 0 fully saturated rings. The van der Waals surface area contributed by atoms with E-state index in [1.165, 1.54) is 11.3 Å². The lowest BCUT2D eigenvalue weighted by Crippen LogP contribution is -2.49. The minimum Gasteiger partial charge on any atom is -0.394 e. The summed E-state index contributed by atoms with van der Waals surface area (Å²) in [5, 5.41) is 13.0. The number of aliphatic hydroxyl groups is 1. The van der Waals surface area contributed by atoms with Crippen LogP contribution in [0.2, 0.25) is 0 Å². The molecule has 0 amide bonds. The van der Waals surface area contributed by atoms with E-state index in [-0.39, 0.29) is 12.1 Å². The van der Waals surface area contributed by atoms with Crippen LogP contribution < -0.4 is 5.32 Å². The van der Waals surface area contributed by atoms with Crippen LogP contribution in [0.25, 0.3) is 0 Å². The number of nitrogens with one attached hydrogen (secondary N) is 1. The van der Waals surface area contributed by atoms with Crippen molar-refractivity contribution in [3.63, 3.8) is 0 Å². The Morgan fingerprint density at radius 3 is 2.70 bits per heavy atom. The second kappa shape index (κ2) is 9.08. The predicted molar refractivity (Wildman–Crippen MR) is 92.5 cm³/mol. The summed E-state index contributed by atoms with van der Waals surface area (Å²) < 4.78 is 1.14. The second-order valence-corrected chi connectivity index (χ2v) is 7.86. The van der Waals surface area contributed by atoms with Gasteiger partial charge in [-0.25, -0.2) is 0 Å². The summed E-state index contributed by atoms with van der Waals surface area (Å²) >= 11 is 5.39. The number of rotatable bonds is 9. The summed E-state index contributed by atoms with van der Waals surface area (Å²) in [6, 6.07) is 8.83. The highest BCUT2D eigenvalue weighted by atomic mass is 79.9. The maximum Gasteiger partial charge on any atom is 0.0610 e. The fraction of sp³-hybridized carbons (Fsp3) is 0.625. The van der Waals surface area contributed by atoms with Gasteiger partial charge in [0.15, 0.2) is 0 Å². The molecule has 2 N–H and O–H groups in total. The quantitative estimate of drug-likeness (QED) is 0.504. The van der Waals surface area contributed by atoms with Crippen molar-refractivity contribution in [1.29, 1.82) is 0 Å². The van der Waals surface area contributed by atoms with Crippen molar-refractivity contribution >= 4 is 27.7 Å². The van der Waals surface area contributed by atoms with E-state index in [2.05, 4.69) is 60.2 Å². The van der Waals surface area contributed by atoms with Gasteiger partial charge in [-0.1, -0.05) is 42.3 Å². The first-order chi connectivity index (χ1) is 9.45. The van der Waals surface area contributed by atoms with Gasteiger partial charge in [0, 0.05) is 20.9 Å². The fourth-order valence-corrected chi connectivity index (χ4v) is 3.78. The van der Waals surface area contributed by atoms with Gasteiger partial charge in [0.2, 0.25) is 0 Å². The van der Waals surface area contributed by atoms with Crippen molar-refractivity contribution in [3.05, 3.63) is 28.7 Å². The molecule has 1 aromatic carbocycles. The molecule has 0 saturated heterocycles. The molecule has 0 radical (unpaired) electrons. The molecule has 20 heavy (non-hydrogen) atoms. The first-order valence-electron chi connectivity index (χ1n) is 7.22. The van der Waals surface area contributed by atoms with Crippen LogP contribution in [0.4, 0.5) is 0 Å². The van der Waals surface area contributed by atoms with Gasteiger partial charge in [-0.2, -0.15) is 0 Å². The van der Waals surface area contributed by atoms with Crippen LogP contribution in [0.15, 0.2) is 33.6 Å². The third kappa shape index (κ3) is 7.11. The molecular weight excluding hydrogens is 334 g/mol. The molecule has 1 rings (SSSR count). The van der Waals surface area contributed by atoms with Crippen LogP contribution in [-0.4, -0.2) is 29.0 Å². The van der Waals surface area contributed by atoms with Crippen LogP contribution in [0.1, 0.15) is 40.0 Å². The van der Waals surface area contributed by atoms with Gasteiger partial charge in [0.1, 0.15) is 0 Å². The van der Waals surface area contributed by atoms with Crippen LogP contribution in [0.5, 0.6) is 0 Å². The van der Waals surface area contributed by atoms with Gasteiger partial charge in [-0.05, 0) is 43.7 Å². The van der Waals surface area contributed by atoms with E-state index < -0.39 is 0 Å². The summed E-state index contributed by atoms with van der Waals surface area (Å²) in [4.78, 5) is 1.31. The Labute approximate surface area is 135 Å². The summed E-state index contributed by atoms with van der Waals surface area (Å²) in [7, 11) is 0. The zero-order valence-corrected chi connectivity index (χ0v) is 15.1. The highest BCUT2D eigenvalue weighted by Gasteiger charge is 2.22.